The van der Waals surface area contributed by atoms with E-state index in [4.69, 9.17) is 4.74 Å². The minimum absolute atomic E-state index is 0.156. The number of ether oxygens (including phenoxy) is 1. The first-order valence-electron chi connectivity index (χ1n) is 10.7. The summed E-state index contributed by atoms with van der Waals surface area (Å²) in [5, 5.41) is 15.2. The van der Waals surface area contributed by atoms with Crippen molar-refractivity contribution in [1.82, 2.24) is 9.88 Å². The molecule has 3 rings (SSSR count). The number of aromatic nitrogens is 1. The van der Waals surface area contributed by atoms with Crippen LogP contribution in [0.15, 0.2) is 59.5 Å². The molecule has 9 heteroatoms. The molecule has 1 heterocycles. The standard InChI is InChI=1S/C25H26FN3O5/c1-4-34-21(30)13-20(17-10-11-19(26)18(12-17)16-8-6-5-7-9-16)27-25(33)28-22-23(31)15(2)14-29(3)24(22)32/h5-12,14,20,31H,4,13H2,1-3H3,(H2,27,28,33)/t20-/m0/s1. The number of esters is 1. The SMILES string of the molecule is CCOC(=O)C[C@H](NC(=O)Nc1c(O)c(C)cn(C)c1=O)c1ccc(F)c(-c2ccccc2)c1. The number of carbonyl (C=O) groups excluding carboxylic acids is 2. The van der Waals surface area contributed by atoms with E-state index in [9.17, 15) is 23.9 Å². The van der Waals surface area contributed by atoms with E-state index in [-0.39, 0.29) is 24.5 Å². The molecule has 0 aliphatic rings. The second-order valence-electron chi connectivity index (χ2n) is 7.72. The van der Waals surface area contributed by atoms with Gasteiger partial charge in [-0.1, -0.05) is 36.4 Å². The molecule has 2 amide bonds. The van der Waals surface area contributed by atoms with Crippen molar-refractivity contribution in [1.29, 1.82) is 0 Å². The second-order valence-corrected chi connectivity index (χ2v) is 7.72. The highest BCUT2D eigenvalue weighted by molar-refractivity contribution is 5.91. The number of benzene rings is 2. The van der Waals surface area contributed by atoms with Crippen molar-refractivity contribution in [2.75, 3.05) is 11.9 Å². The molecule has 1 aromatic heterocycles. The Morgan fingerprint density at radius 2 is 1.88 bits per heavy atom. The zero-order valence-corrected chi connectivity index (χ0v) is 19.1. The fourth-order valence-corrected chi connectivity index (χ4v) is 3.54. The molecule has 1 atom stereocenters. The second kappa shape index (κ2) is 10.7. The molecule has 0 bridgehead atoms. The average Bonchev–Trinajstić information content (AvgIpc) is 2.81. The number of aromatic hydroxyl groups is 1. The van der Waals surface area contributed by atoms with Crippen molar-refractivity contribution in [3.8, 4) is 16.9 Å². The summed E-state index contributed by atoms with van der Waals surface area (Å²) >= 11 is 0. The number of hydrogen-bond donors (Lipinski definition) is 3. The van der Waals surface area contributed by atoms with E-state index in [0.717, 1.165) is 0 Å². The summed E-state index contributed by atoms with van der Waals surface area (Å²) in [6, 6.07) is 11.4. The van der Waals surface area contributed by atoms with Crippen LogP contribution in [0.1, 0.15) is 30.5 Å². The number of pyridine rings is 1. The largest absolute Gasteiger partial charge is 0.505 e. The van der Waals surface area contributed by atoms with Crippen LogP contribution in [0.5, 0.6) is 5.75 Å². The number of anilines is 1. The third-order valence-corrected chi connectivity index (χ3v) is 5.23. The first kappa shape index (κ1) is 24.5. The zero-order valence-electron chi connectivity index (χ0n) is 19.1. The van der Waals surface area contributed by atoms with Crippen LogP contribution in [0.4, 0.5) is 14.9 Å². The zero-order chi connectivity index (χ0) is 24.8. The summed E-state index contributed by atoms with van der Waals surface area (Å²) in [6.45, 7) is 3.41. The highest BCUT2D eigenvalue weighted by atomic mass is 19.1. The molecule has 0 radical (unpaired) electrons. The van der Waals surface area contributed by atoms with Crippen molar-refractivity contribution in [2.45, 2.75) is 26.3 Å². The third-order valence-electron chi connectivity index (χ3n) is 5.23. The Bertz CT molecular complexity index is 1260. The minimum atomic E-state index is -0.891. The van der Waals surface area contributed by atoms with Crippen LogP contribution in [-0.4, -0.2) is 28.3 Å². The summed E-state index contributed by atoms with van der Waals surface area (Å²) in [5.41, 5.74) is 0.900. The molecule has 34 heavy (non-hydrogen) atoms. The summed E-state index contributed by atoms with van der Waals surface area (Å²) in [6.07, 6.45) is 1.22. The molecular weight excluding hydrogens is 441 g/mol. The predicted octanol–water partition coefficient (Wildman–Crippen LogP) is 4.02. The van der Waals surface area contributed by atoms with Crippen LogP contribution in [0.2, 0.25) is 0 Å². The Hall–Kier alpha value is -4.14. The Kier molecular flexibility index (Phi) is 7.68. The van der Waals surface area contributed by atoms with Gasteiger partial charge in [-0.2, -0.15) is 0 Å². The molecule has 0 unspecified atom stereocenters. The number of carbonyl (C=O) groups is 2. The predicted molar refractivity (Wildman–Crippen MR) is 126 cm³/mol. The van der Waals surface area contributed by atoms with E-state index in [0.29, 0.717) is 22.3 Å². The third kappa shape index (κ3) is 5.61. The lowest BCUT2D eigenvalue weighted by Crippen LogP contribution is -2.36. The van der Waals surface area contributed by atoms with E-state index in [1.165, 1.54) is 29.9 Å². The summed E-state index contributed by atoms with van der Waals surface area (Å²) < 4.78 is 20.8. The number of halogens is 1. The summed E-state index contributed by atoms with van der Waals surface area (Å²) in [4.78, 5) is 37.4. The molecule has 3 aromatic rings. The molecule has 8 nitrogen and oxygen atoms in total. The molecular formula is C25H26FN3O5. The van der Waals surface area contributed by atoms with Crippen LogP contribution in [0, 0.1) is 12.7 Å². The highest BCUT2D eigenvalue weighted by Crippen LogP contribution is 2.28. The molecule has 0 spiro atoms. The Morgan fingerprint density at radius 1 is 1.18 bits per heavy atom. The highest BCUT2D eigenvalue weighted by Gasteiger charge is 2.22. The van der Waals surface area contributed by atoms with Gasteiger partial charge in [0.15, 0.2) is 5.69 Å². The van der Waals surface area contributed by atoms with Crippen molar-refractivity contribution in [3.63, 3.8) is 0 Å². The summed E-state index contributed by atoms with van der Waals surface area (Å²) in [7, 11) is 1.49. The quantitative estimate of drug-likeness (QED) is 0.455. The van der Waals surface area contributed by atoms with Gasteiger partial charge in [0, 0.05) is 24.4 Å². The van der Waals surface area contributed by atoms with E-state index in [1.54, 1.807) is 44.2 Å². The van der Waals surface area contributed by atoms with E-state index >= 15 is 0 Å². The maximum Gasteiger partial charge on any atom is 0.319 e. The van der Waals surface area contributed by atoms with Gasteiger partial charge in [0.2, 0.25) is 0 Å². The topological polar surface area (TPSA) is 110 Å². The number of nitrogens with zero attached hydrogens (tertiary/aromatic N) is 1. The molecule has 178 valence electrons. The number of rotatable bonds is 7. The van der Waals surface area contributed by atoms with Gasteiger partial charge in [0.1, 0.15) is 11.6 Å². The lowest BCUT2D eigenvalue weighted by molar-refractivity contribution is -0.143. The van der Waals surface area contributed by atoms with Crippen LogP contribution in [0.3, 0.4) is 0 Å². The molecule has 0 fully saturated rings. The van der Waals surface area contributed by atoms with Gasteiger partial charge in [-0.05, 0) is 37.1 Å². The Balaban J connectivity index is 1.93. The van der Waals surface area contributed by atoms with Gasteiger partial charge in [-0.15, -0.1) is 0 Å². The van der Waals surface area contributed by atoms with E-state index in [2.05, 4.69) is 10.6 Å². The molecule has 2 aromatic carbocycles. The molecule has 0 aliphatic heterocycles. The smallest absolute Gasteiger partial charge is 0.319 e. The number of amides is 2. The van der Waals surface area contributed by atoms with Crippen LogP contribution < -0.4 is 16.2 Å². The Morgan fingerprint density at radius 3 is 2.56 bits per heavy atom. The van der Waals surface area contributed by atoms with Gasteiger partial charge < -0.3 is 25.0 Å². The molecule has 3 N–H and O–H groups in total. The number of nitrogens with one attached hydrogen (secondary N) is 2. The van der Waals surface area contributed by atoms with Gasteiger partial charge in [0.25, 0.3) is 5.56 Å². The average molecular weight is 467 g/mol. The number of aryl methyl sites for hydroxylation is 2. The molecule has 0 aliphatic carbocycles. The fourth-order valence-electron chi connectivity index (χ4n) is 3.54. The van der Waals surface area contributed by atoms with Gasteiger partial charge in [-0.3, -0.25) is 9.59 Å². The van der Waals surface area contributed by atoms with Gasteiger partial charge in [0.05, 0.1) is 19.1 Å². The maximum atomic E-state index is 14.6. The molecule has 0 saturated carbocycles. The van der Waals surface area contributed by atoms with E-state index < -0.39 is 29.4 Å². The summed E-state index contributed by atoms with van der Waals surface area (Å²) in [5.74, 6) is -1.37. The molecule has 0 saturated heterocycles. The lowest BCUT2D eigenvalue weighted by atomic mass is 9.97. The van der Waals surface area contributed by atoms with Gasteiger partial charge >= 0.3 is 12.0 Å². The van der Waals surface area contributed by atoms with Crippen molar-refractivity contribution < 1.29 is 23.8 Å². The van der Waals surface area contributed by atoms with Crippen LogP contribution in [0.25, 0.3) is 11.1 Å². The first-order chi connectivity index (χ1) is 16.2. The van der Waals surface area contributed by atoms with Crippen molar-refractivity contribution in [2.24, 2.45) is 7.05 Å². The number of urea groups is 1. The monoisotopic (exact) mass is 467 g/mol. The van der Waals surface area contributed by atoms with Crippen LogP contribution in [-0.2, 0) is 16.6 Å². The first-order valence-corrected chi connectivity index (χ1v) is 10.7. The lowest BCUT2D eigenvalue weighted by Gasteiger charge is -2.20. The van der Waals surface area contributed by atoms with Crippen LogP contribution >= 0.6 is 0 Å². The van der Waals surface area contributed by atoms with E-state index in [1.807, 2.05) is 6.07 Å². The minimum Gasteiger partial charge on any atom is -0.505 e. The Labute approximate surface area is 196 Å². The van der Waals surface area contributed by atoms with Gasteiger partial charge in [-0.25, -0.2) is 9.18 Å². The van der Waals surface area contributed by atoms with Crippen molar-refractivity contribution in [3.05, 3.63) is 82.0 Å². The maximum absolute atomic E-state index is 14.6. The number of hydrogen-bond acceptors (Lipinski definition) is 5. The normalized spacial score (nSPS) is 11.5. The fraction of sp³-hybridized carbons (Fsp3) is 0.240. The van der Waals surface area contributed by atoms with Crippen molar-refractivity contribution >= 4 is 17.7 Å².